The normalized spacial score (nSPS) is 12.3. The summed E-state index contributed by atoms with van der Waals surface area (Å²) in [7, 11) is 0. The second-order valence-corrected chi connectivity index (χ2v) is 5.45. The molecule has 2 rings (SSSR count). The highest BCUT2D eigenvalue weighted by molar-refractivity contribution is 5.31. The minimum atomic E-state index is 0.546. The minimum Gasteiger partial charge on any atom is -0.316 e. The summed E-state index contributed by atoms with van der Waals surface area (Å²) in [4.78, 5) is 0. The van der Waals surface area contributed by atoms with Crippen molar-refractivity contribution < 1.29 is 0 Å². The van der Waals surface area contributed by atoms with Gasteiger partial charge in [0.05, 0.1) is 0 Å². The Morgan fingerprint density at radius 3 is 2.35 bits per heavy atom. The van der Waals surface area contributed by atoms with Crippen LogP contribution in [-0.2, 0) is 6.42 Å². The first-order valence-electron chi connectivity index (χ1n) is 7.61. The van der Waals surface area contributed by atoms with Crippen LogP contribution in [0.15, 0.2) is 54.6 Å². The molecule has 0 radical (unpaired) electrons. The van der Waals surface area contributed by atoms with Crippen molar-refractivity contribution >= 4 is 0 Å². The predicted molar refractivity (Wildman–Crippen MR) is 87.2 cm³/mol. The summed E-state index contributed by atoms with van der Waals surface area (Å²) in [5.41, 5.74) is 4.28. The number of nitrogens with one attached hydrogen (secondary N) is 1. The summed E-state index contributed by atoms with van der Waals surface area (Å²) in [6, 6.07) is 19.6. The van der Waals surface area contributed by atoms with Crippen LogP contribution in [-0.4, -0.2) is 13.1 Å². The summed E-state index contributed by atoms with van der Waals surface area (Å²) in [5.74, 6) is 0.546. The van der Waals surface area contributed by atoms with Crippen molar-refractivity contribution in [2.75, 3.05) is 13.1 Å². The van der Waals surface area contributed by atoms with E-state index >= 15 is 0 Å². The molecule has 0 spiro atoms. The van der Waals surface area contributed by atoms with Gasteiger partial charge in [-0.1, -0.05) is 61.5 Å². The van der Waals surface area contributed by atoms with Gasteiger partial charge in [-0.25, -0.2) is 0 Å². The molecule has 0 heterocycles. The van der Waals surface area contributed by atoms with Crippen molar-refractivity contribution in [3.8, 4) is 0 Å². The molecular weight excluding hydrogens is 242 g/mol. The molecule has 2 aromatic carbocycles. The van der Waals surface area contributed by atoms with Crippen LogP contribution in [0.25, 0.3) is 0 Å². The van der Waals surface area contributed by atoms with Gasteiger partial charge in [0.1, 0.15) is 0 Å². The van der Waals surface area contributed by atoms with E-state index in [1.165, 1.54) is 23.1 Å². The lowest BCUT2D eigenvalue weighted by molar-refractivity contribution is 0.575. The molecule has 0 saturated heterocycles. The van der Waals surface area contributed by atoms with Crippen molar-refractivity contribution in [1.29, 1.82) is 0 Å². The Balaban J connectivity index is 2.14. The summed E-state index contributed by atoms with van der Waals surface area (Å²) < 4.78 is 0. The molecule has 0 fully saturated rings. The van der Waals surface area contributed by atoms with Crippen LogP contribution in [0.2, 0.25) is 0 Å². The Kier molecular flexibility index (Phi) is 5.82. The highest BCUT2D eigenvalue weighted by Gasteiger charge is 2.13. The molecule has 0 aromatic heterocycles. The summed E-state index contributed by atoms with van der Waals surface area (Å²) in [6.07, 6.45) is 2.29. The molecule has 20 heavy (non-hydrogen) atoms. The van der Waals surface area contributed by atoms with Crippen molar-refractivity contribution in [2.24, 2.45) is 0 Å². The SMILES string of the molecule is CCCNCC(Cc1ccccc1)c1ccccc1C. The third kappa shape index (κ3) is 4.21. The van der Waals surface area contributed by atoms with E-state index in [9.17, 15) is 0 Å². The van der Waals surface area contributed by atoms with Gasteiger partial charge in [0, 0.05) is 12.5 Å². The molecule has 0 aliphatic rings. The molecule has 0 bridgehead atoms. The number of rotatable bonds is 7. The summed E-state index contributed by atoms with van der Waals surface area (Å²) in [6.45, 7) is 6.57. The maximum absolute atomic E-state index is 3.58. The number of benzene rings is 2. The topological polar surface area (TPSA) is 12.0 Å². The lowest BCUT2D eigenvalue weighted by atomic mass is 9.89. The standard InChI is InChI=1S/C19H25N/c1-3-13-20-15-18(14-17-10-5-4-6-11-17)19-12-8-7-9-16(19)2/h4-12,18,20H,3,13-15H2,1-2H3. The zero-order valence-corrected chi connectivity index (χ0v) is 12.6. The molecule has 1 nitrogen and oxygen atoms in total. The largest absolute Gasteiger partial charge is 0.316 e. The Hall–Kier alpha value is -1.60. The first kappa shape index (κ1) is 14.8. The van der Waals surface area contributed by atoms with Gasteiger partial charge in [-0.05, 0) is 43.0 Å². The monoisotopic (exact) mass is 267 g/mol. The van der Waals surface area contributed by atoms with Gasteiger partial charge in [-0.2, -0.15) is 0 Å². The Morgan fingerprint density at radius 1 is 0.950 bits per heavy atom. The lowest BCUT2D eigenvalue weighted by Gasteiger charge is -2.20. The fraction of sp³-hybridized carbons (Fsp3) is 0.368. The average molecular weight is 267 g/mol. The van der Waals surface area contributed by atoms with E-state index in [0.29, 0.717) is 5.92 Å². The maximum atomic E-state index is 3.58. The van der Waals surface area contributed by atoms with Crippen LogP contribution in [0.5, 0.6) is 0 Å². The van der Waals surface area contributed by atoms with E-state index in [0.717, 1.165) is 19.5 Å². The van der Waals surface area contributed by atoms with Crippen LogP contribution in [0.3, 0.4) is 0 Å². The zero-order chi connectivity index (χ0) is 14.2. The minimum absolute atomic E-state index is 0.546. The second kappa shape index (κ2) is 7.86. The second-order valence-electron chi connectivity index (χ2n) is 5.45. The molecule has 0 amide bonds. The van der Waals surface area contributed by atoms with Crippen molar-refractivity contribution in [3.63, 3.8) is 0 Å². The van der Waals surface area contributed by atoms with E-state index in [1.54, 1.807) is 0 Å². The van der Waals surface area contributed by atoms with Crippen LogP contribution < -0.4 is 5.32 Å². The number of hydrogen-bond donors (Lipinski definition) is 1. The molecular formula is C19H25N. The molecule has 0 aliphatic carbocycles. The first-order valence-corrected chi connectivity index (χ1v) is 7.61. The average Bonchev–Trinajstić information content (AvgIpc) is 2.48. The van der Waals surface area contributed by atoms with E-state index in [4.69, 9.17) is 0 Å². The first-order chi connectivity index (χ1) is 9.81. The molecule has 1 heteroatoms. The molecule has 0 aliphatic heterocycles. The van der Waals surface area contributed by atoms with Crippen LogP contribution in [0.1, 0.15) is 36.0 Å². The van der Waals surface area contributed by atoms with E-state index in [1.807, 2.05) is 0 Å². The fourth-order valence-corrected chi connectivity index (χ4v) is 2.69. The molecule has 1 atom stereocenters. The van der Waals surface area contributed by atoms with Gasteiger partial charge >= 0.3 is 0 Å². The Bertz CT molecular complexity index is 504. The molecule has 106 valence electrons. The summed E-state index contributed by atoms with van der Waals surface area (Å²) in [5, 5.41) is 3.58. The van der Waals surface area contributed by atoms with Gasteiger partial charge in [0.15, 0.2) is 0 Å². The lowest BCUT2D eigenvalue weighted by Crippen LogP contribution is -2.24. The highest BCUT2D eigenvalue weighted by atomic mass is 14.8. The van der Waals surface area contributed by atoms with Crippen LogP contribution >= 0.6 is 0 Å². The molecule has 1 unspecified atom stereocenters. The number of hydrogen-bond acceptors (Lipinski definition) is 1. The Labute approximate surface area is 123 Å². The quantitative estimate of drug-likeness (QED) is 0.737. The van der Waals surface area contributed by atoms with Crippen molar-refractivity contribution in [3.05, 3.63) is 71.3 Å². The zero-order valence-electron chi connectivity index (χ0n) is 12.6. The fourth-order valence-electron chi connectivity index (χ4n) is 2.69. The van der Waals surface area contributed by atoms with Crippen LogP contribution in [0, 0.1) is 6.92 Å². The van der Waals surface area contributed by atoms with Crippen LogP contribution in [0.4, 0.5) is 0 Å². The van der Waals surface area contributed by atoms with E-state index in [-0.39, 0.29) is 0 Å². The van der Waals surface area contributed by atoms with Gasteiger partial charge in [-0.15, -0.1) is 0 Å². The maximum Gasteiger partial charge on any atom is 0.00234 e. The van der Waals surface area contributed by atoms with Gasteiger partial charge < -0.3 is 5.32 Å². The summed E-state index contributed by atoms with van der Waals surface area (Å²) >= 11 is 0. The van der Waals surface area contributed by atoms with Crippen molar-refractivity contribution in [2.45, 2.75) is 32.6 Å². The molecule has 2 aromatic rings. The predicted octanol–water partition coefficient (Wildman–Crippen LogP) is 4.32. The van der Waals surface area contributed by atoms with E-state index in [2.05, 4.69) is 73.8 Å². The third-order valence-corrected chi connectivity index (χ3v) is 3.77. The molecule has 0 saturated carbocycles. The van der Waals surface area contributed by atoms with Gasteiger partial charge in [0.2, 0.25) is 0 Å². The smallest absolute Gasteiger partial charge is 0.00234 e. The number of aryl methyl sites for hydroxylation is 1. The Morgan fingerprint density at radius 2 is 1.65 bits per heavy atom. The van der Waals surface area contributed by atoms with Gasteiger partial charge in [-0.3, -0.25) is 0 Å². The third-order valence-electron chi connectivity index (χ3n) is 3.77. The molecule has 1 N–H and O–H groups in total. The van der Waals surface area contributed by atoms with E-state index < -0.39 is 0 Å². The van der Waals surface area contributed by atoms with Gasteiger partial charge in [0.25, 0.3) is 0 Å². The van der Waals surface area contributed by atoms with Crippen molar-refractivity contribution in [1.82, 2.24) is 5.32 Å². The highest BCUT2D eigenvalue weighted by Crippen LogP contribution is 2.23.